The number of amides is 1. The molecule has 1 amide bonds. The fourth-order valence-electron chi connectivity index (χ4n) is 2.24. The topological polar surface area (TPSA) is 29.5 Å². The van der Waals surface area contributed by atoms with Crippen LogP contribution in [0.1, 0.15) is 31.7 Å². The lowest BCUT2D eigenvalue weighted by atomic mass is 10.1. The molecule has 0 bridgehead atoms. The molecule has 18 heavy (non-hydrogen) atoms. The zero-order valence-electron chi connectivity index (χ0n) is 11.2. The standard InChI is InChI=1S/C15H21NO2/c1-12-6-8-14(9-7-12)18-13(2)15(17)16-10-4-3-5-11-16/h6-9,13H,3-5,10-11H2,1-2H3/t13-/m1/s1. The number of carbonyl (C=O) groups is 1. The minimum Gasteiger partial charge on any atom is -0.481 e. The first kappa shape index (κ1) is 12.9. The molecule has 3 nitrogen and oxygen atoms in total. The Morgan fingerprint density at radius 3 is 2.39 bits per heavy atom. The molecule has 98 valence electrons. The summed E-state index contributed by atoms with van der Waals surface area (Å²) in [4.78, 5) is 14.1. The van der Waals surface area contributed by atoms with Crippen molar-refractivity contribution in [3.63, 3.8) is 0 Å². The third-order valence-electron chi connectivity index (χ3n) is 3.35. The fraction of sp³-hybridized carbons (Fsp3) is 0.533. The van der Waals surface area contributed by atoms with Crippen LogP contribution >= 0.6 is 0 Å². The Kier molecular flexibility index (Phi) is 4.24. The first-order valence-corrected chi connectivity index (χ1v) is 6.69. The van der Waals surface area contributed by atoms with Gasteiger partial charge in [0.2, 0.25) is 0 Å². The Hall–Kier alpha value is -1.51. The van der Waals surface area contributed by atoms with E-state index < -0.39 is 6.10 Å². The molecule has 0 unspecified atom stereocenters. The highest BCUT2D eigenvalue weighted by Crippen LogP contribution is 2.16. The van der Waals surface area contributed by atoms with Gasteiger partial charge < -0.3 is 9.64 Å². The van der Waals surface area contributed by atoms with Gasteiger partial charge in [0.15, 0.2) is 6.10 Å². The number of benzene rings is 1. The molecule has 0 radical (unpaired) electrons. The maximum Gasteiger partial charge on any atom is 0.263 e. The number of piperidine rings is 1. The van der Waals surface area contributed by atoms with Gasteiger partial charge in [0.05, 0.1) is 0 Å². The highest BCUT2D eigenvalue weighted by Gasteiger charge is 2.23. The molecule has 3 heteroatoms. The minimum atomic E-state index is -0.397. The maximum absolute atomic E-state index is 12.2. The zero-order valence-corrected chi connectivity index (χ0v) is 11.2. The van der Waals surface area contributed by atoms with Crippen molar-refractivity contribution in [3.8, 4) is 5.75 Å². The summed E-state index contributed by atoms with van der Waals surface area (Å²) in [6.07, 6.45) is 3.06. The number of aryl methyl sites for hydroxylation is 1. The van der Waals surface area contributed by atoms with Gasteiger partial charge in [-0.15, -0.1) is 0 Å². The van der Waals surface area contributed by atoms with E-state index >= 15 is 0 Å². The lowest BCUT2D eigenvalue weighted by Gasteiger charge is -2.29. The van der Waals surface area contributed by atoms with Crippen LogP contribution in [0.4, 0.5) is 0 Å². The van der Waals surface area contributed by atoms with Crippen LogP contribution in [0.25, 0.3) is 0 Å². The lowest BCUT2D eigenvalue weighted by molar-refractivity contribution is -0.138. The number of rotatable bonds is 3. The molecule has 1 aromatic rings. The van der Waals surface area contributed by atoms with E-state index in [1.165, 1.54) is 12.0 Å². The predicted molar refractivity (Wildman–Crippen MR) is 71.7 cm³/mol. The lowest BCUT2D eigenvalue weighted by Crippen LogP contribution is -2.43. The van der Waals surface area contributed by atoms with Gasteiger partial charge in [0.25, 0.3) is 5.91 Å². The van der Waals surface area contributed by atoms with Crippen molar-refractivity contribution in [1.82, 2.24) is 4.90 Å². The number of ether oxygens (including phenoxy) is 1. The average Bonchev–Trinajstić information content (AvgIpc) is 2.41. The van der Waals surface area contributed by atoms with Crippen LogP contribution in [0, 0.1) is 6.92 Å². The highest BCUT2D eigenvalue weighted by atomic mass is 16.5. The first-order valence-electron chi connectivity index (χ1n) is 6.69. The molecule has 0 aromatic heterocycles. The predicted octanol–water partition coefficient (Wildman–Crippen LogP) is 2.77. The molecule has 1 aliphatic rings. The van der Waals surface area contributed by atoms with E-state index in [1.54, 1.807) is 0 Å². The normalized spacial score (nSPS) is 17.3. The van der Waals surface area contributed by atoms with E-state index in [1.807, 2.05) is 43.0 Å². The highest BCUT2D eigenvalue weighted by molar-refractivity contribution is 5.81. The van der Waals surface area contributed by atoms with Crippen LogP contribution in [0.2, 0.25) is 0 Å². The Balaban J connectivity index is 1.92. The van der Waals surface area contributed by atoms with Gasteiger partial charge in [0.1, 0.15) is 5.75 Å². The van der Waals surface area contributed by atoms with Crippen LogP contribution in [-0.4, -0.2) is 30.0 Å². The average molecular weight is 247 g/mol. The molecule has 1 saturated heterocycles. The zero-order chi connectivity index (χ0) is 13.0. The molecule has 2 rings (SSSR count). The monoisotopic (exact) mass is 247 g/mol. The number of nitrogens with zero attached hydrogens (tertiary/aromatic N) is 1. The van der Waals surface area contributed by atoms with Gasteiger partial charge in [0, 0.05) is 13.1 Å². The van der Waals surface area contributed by atoms with Gasteiger partial charge in [-0.2, -0.15) is 0 Å². The maximum atomic E-state index is 12.2. The summed E-state index contributed by atoms with van der Waals surface area (Å²) >= 11 is 0. The molecule has 1 aliphatic heterocycles. The van der Waals surface area contributed by atoms with Crippen molar-refractivity contribution in [2.24, 2.45) is 0 Å². The molecule has 1 atom stereocenters. The van der Waals surface area contributed by atoms with Crippen molar-refractivity contribution >= 4 is 5.91 Å². The van der Waals surface area contributed by atoms with E-state index in [0.717, 1.165) is 31.7 Å². The van der Waals surface area contributed by atoms with Crippen LogP contribution in [0.5, 0.6) is 5.75 Å². The number of carbonyl (C=O) groups excluding carboxylic acids is 1. The molecular weight excluding hydrogens is 226 g/mol. The molecule has 1 fully saturated rings. The van der Waals surface area contributed by atoms with Crippen molar-refractivity contribution < 1.29 is 9.53 Å². The summed E-state index contributed by atoms with van der Waals surface area (Å²) in [5, 5.41) is 0. The van der Waals surface area contributed by atoms with Crippen LogP contribution < -0.4 is 4.74 Å². The van der Waals surface area contributed by atoms with Crippen molar-refractivity contribution in [3.05, 3.63) is 29.8 Å². The number of hydrogen-bond acceptors (Lipinski definition) is 2. The fourth-order valence-corrected chi connectivity index (χ4v) is 2.24. The second-order valence-corrected chi connectivity index (χ2v) is 4.96. The van der Waals surface area contributed by atoms with E-state index in [9.17, 15) is 4.79 Å². The van der Waals surface area contributed by atoms with E-state index in [-0.39, 0.29) is 5.91 Å². The summed E-state index contributed by atoms with van der Waals surface area (Å²) in [5.74, 6) is 0.869. The summed E-state index contributed by atoms with van der Waals surface area (Å²) in [6.45, 7) is 5.61. The van der Waals surface area contributed by atoms with E-state index in [0.29, 0.717) is 0 Å². The molecule has 1 aromatic carbocycles. The third kappa shape index (κ3) is 3.25. The van der Waals surface area contributed by atoms with Gasteiger partial charge >= 0.3 is 0 Å². The number of likely N-dealkylation sites (tertiary alicyclic amines) is 1. The van der Waals surface area contributed by atoms with Gasteiger partial charge in [-0.05, 0) is 45.2 Å². The third-order valence-corrected chi connectivity index (χ3v) is 3.35. The summed E-state index contributed by atoms with van der Waals surface area (Å²) in [5.41, 5.74) is 1.19. The van der Waals surface area contributed by atoms with E-state index in [4.69, 9.17) is 4.74 Å². The van der Waals surface area contributed by atoms with E-state index in [2.05, 4.69) is 0 Å². The van der Waals surface area contributed by atoms with Gasteiger partial charge in [-0.1, -0.05) is 17.7 Å². The van der Waals surface area contributed by atoms with Crippen molar-refractivity contribution in [2.45, 2.75) is 39.2 Å². The molecule has 1 heterocycles. The minimum absolute atomic E-state index is 0.107. The van der Waals surface area contributed by atoms with Gasteiger partial charge in [-0.3, -0.25) is 4.79 Å². The molecule has 0 N–H and O–H groups in total. The first-order chi connectivity index (χ1) is 8.66. The molecular formula is C15H21NO2. The second kappa shape index (κ2) is 5.89. The quantitative estimate of drug-likeness (QED) is 0.822. The number of hydrogen-bond donors (Lipinski definition) is 0. The molecule has 0 aliphatic carbocycles. The van der Waals surface area contributed by atoms with Crippen LogP contribution in [-0.2, 0) is 4.79 Å². The summed E-state index contributed by atoms with van der Waals surface area (Å²) in [6, 6.07) is 7.81. The van der Waals surface area contributed by atoms with Crippen molar-refractivity contribution in [2.75, 3.05) is 13.1 Å². The summed E-state index contributed by atoms with van der Waals surface area (Å²) < 4.78 is 5.69. The largest absolute Gasteiger partial charge is 0.481 e. The van der Waals surface area contributed by atoms with Crippen LogP contribution in [0.3, 0.4) is 0 Å². The van der Waals surface area contributed by atoms with Crippen LogP contribution in [0.15, 0.2) is 24.3 Å². The smallest absolute Gasteiger partial charge is 0.263 e. The second-order valence-electron chi connectivity index (χ2n) is 4.96. The molecule has 0 saturated carbocycles. The Morgan fingerprint density at radius 2 is 1.78 bits per heavy atom. The SMILES string of the molecule is Cc1ccc(O[C@H](C)C(=O)N2CCCCC2)cc1. The van der Waals surface area contributed by atoms with Gasteiger partial charge in [-0.25, -0.2) is 0 Å². The summed E-state index contributed by atoms with van der Waals surface area (Å²) in [7, 11) is 0. The Bertz CT molecular complexity index is 393. The Labute approximate surface area is 109 Å². The molecule has 0 spiro atoms. The van der Waals surface area contributed by atoms with Crippen molar-refractivity contribution in [1.29, 1.82) is 0 Å². The Morgan fingerprint density at radius 1 is 1.17 bits per heavy atom.